The van der Waals surface area contributed by atoms with Crippen LogP contribution in [0.5, 0.6) is 0 Å². The summed E-state index contributed by atoms with van der Waals surface area (Å²) in [5, 5.41) is 0.680. The summed E-state index contributed by atoms with van der Waals surface area (Å²) < 4.78 is 5.87. The fourth-order valence-electron chi connectivity index (χ4n) is 4.33. The number of anilines is 1. The van der Waals surface area contributed by atoms with E-state index in [-0.39, 0.29) is 11.5 Å². The number of piperidine rings is 1. The maximum absolute atomic E-state index is 13.6. The highest BCUT2D eigenvalue weighted by Crippen LogP contribution is 2.38. The molecule has 154 valence electrons. The van der Waals surface area contributed by atoms with Crippen molar-refractivity contribution in [3.8, 4) is 0 Å². The molecule has 5 nitrogen and oxygen atoms in total. The third kappa shape index (κ3) is 3.62. The largest absolute Gasteiger partial charge is 0.373 e. The first-order valence-electron chi connectivity index (χ1n) is 10.4. The highest BCUT2D eigenvalue weighted by atomic mass is 35.5. The van der Waals surface area contributed by atoms with Gasteiger partial charge in [-0.1, -0.05) is 23.7 Å². The lowest BCUT2D eigenvalue weighted by Gasteiger charge is -2.48. The highest BCUT2D eigenvalue weighted by Gasteiger charge is 2.45. The minimum atomic E-state index is -0.130. The average Bonchev–Trinajstić information content (AvgIpc) is 3.07. The summed E-state index contributed by atoms with van der Waals surface area (Å²) >= 11 is 6.41. The van der Waals surface area contributed by atoms with Gasteiger partial charge in [-0.25, -0.2) is 0 Å². The number of ether oxygens (including phenoxy) is 1. The van der Waals surface area contributed by atoms with E-state index in [1.54, 1.807) is 0 Å². The number of aliphatic imine (C=N–C) groups is 1. The predicted octanol–water partition coefficient (Wildman–Crippen LogP) is 4.50. The summed E-state index contributed by atoms with van der Waals surface area (Å²) in [6, 6.07) is 5.89. The molecular weight excluding hydrogens is 386 g/mol. The Morgan fingerprint density at radius 1 is 1.38 bits per heavy atom. The predicted molar refractivity (Wildman–Crippen MR) is 118 cm³/mol. The van der Waals surface area contributed by atoms with Crippen molar-refractivity contribution in [1.29, 1.82) is 0 Å². The van der Waals surface area contributed by atoms with Gasteiger partial charge >= 0.3 is 0 Å². The third-order valence-electron chi connectivity index (χ3n) is 6.05. The molecule has 2 saturated heterocycles. The summed E-state index contributed by atoms with van der Waals surface area (Å²) in [5.41, 5.74) is 3.32. The molecule has 0 aromatic heterocycles. The van der Waals surface area contributed by atoms with Gasteiger partial charge in [-0.05, 0) is 57.4 Å². The van der Waals surface area contributed by atoms with E-state index >= 15 is 0 Å². The maximum atomic E-state index is 13.6. The first kappa shape index (κ1) is 20.2. The molecule has 1 atom stereocenters. The summed E-state index contributed by atoms with van der Waals surface area (Å²) in [6.07, 6.45) is 7.01. The van der Waals surface area contributed by atoms with Gasteiger partial charge in [0.05, 0.1) is 18.8 Å². The Hall–Kier alpha value is -2.11. The average molecular weight is 414 g/mol. The number of halogens is 1. The van der Waals surface area contributed by atoms with E-state index in [2.05, 4.69) is 0 Å². The van der Waals surface area contributed by atoms with E-state index in [4.69, 9.17) is 21.3 Å². The number of allylic oxidation sites excluding steroid dienone is 1. The number of likely N-dealkylation sites (tertiary alicyclic amines) is 1. The Morgan fingerprint density at radius 3 is 2.79 bits per heavy atom. The summed E-state index contributed by atoms with van der Waals surface area (Å²) in [4.78, 5) is 22.2. The van der Waals surface area contributed by atoms with Gasteiger partial charge in [0.15, 0.2) is 0 Å². The molecule has 2 fully saturated rings. The molecule has 3 aliphatic heterocycles. The molecule has 0 bridgehead atoms. The summed E-state index contributed by atoms with van der Waals surface area (Å²) in [7, 11) is 0. The van der Waals surface area contributed by atoms with Crippen LogP contribution in [-0.2, 0) is 9.53 Å². The number of carbonyl (C=O) groups excluding carboxylic acids is 1. The van der Waals surface area contributed by atoms with Crippen LogP contribution < -0.4 is 4.90 Å². The van der Waals surface area contributed by atoms with Gasteiger partial charge in [-0.2, -0.15) is 0 Å². The van der Waals surface area contributed by atoms with Crippen LogP contribution in [0.15, 0.2) is 46.6 Å². The van der Waals surface area contributed by atoms with Crippen LogP contribution in [0.4, 0.5) is 5.69 Å². The fourth-order valence-corrected chi connectivity index (χ4v) is 4.50. The molecule has 6 heteroatoms. The van der Waals surface area contributed by atoms with Gasteiger partial charge in [0.25, 0.3) is 5.91 Å². The first-order chi connectivity index (χ1) is 14.0. The standard InChI is InChI=1S/C23H28ClN3O2/c1-4-17-13-20(22(28)26-11-6-9-23(15-26)10-12-29-23)27(21(17)25-5-2)18-8-7-16(3)19(24)14-18/h4,7-8,13-14H,5-6,9-12,15H2,1-3H3/b17-4-,25-21?. The first-order valence-corrected chi connectivity index (χ1v) is 10.8. The highest BCUT2D eigenvalue weighted by molar-refractivity contribution is 6.32. The van der Waals surface area contributed by atoms with E-state index in [1.807, 2.05) is 60.9 Å². The molecule has 0 aliphatic carbocycles. The van der Waals surface area contributed by atoms with Crippen LogP contribution in [0.2, 0.25) is 5.02 Å². The summed E-state index contributed by atoms with van der Waals surface area (Å²) in [6.45, 7) is 8.81. The minimum absolute atomic E-state index is 0.0249. The third-order valence-corrected chi connectivity index (χ3v) is 6.45. The van der Waals surface area contributed by atoms with E-state index in [0.717, 1.165) is 55.1 Å². The van der Waals surface area contributed by atoms with Gasteiger partial charge in [-0.15, -0.1) is 0 Å². The van der Waals surface area contributed by atoms with Crippen LogP contribution in [0.3, 0.4) is 0 Å². The topological polar surface area (TPSA) is 45.1 Å². The molecule has 1 unspecified atom stereocenters. The number of amides is 1. The number of nitrogens with zero attached hydrogens (tertiary/aromatic N) is 3. The van der Waals surface area contributed by atoms with E-state index in [9.17, 15) is 4.79 Å². The molecule has 0 radical (unpaired) electrons. The molecule has 1 aromatic carbocycles. The van der Waals surface area contributed by atoms with Gasteiger partial charge in [0, 0.05) is 35.8 Å². The van der Waals surface area contributed by atoms with E-state index < -0.39 is 0 Å². The van der Waals surface area contributed by atoms with Crippen molar-refractivity contribution in [3.63, 3.8) is 0 Å². The lowest BCUT2D eigenvalue weighted by molar-refractivity contribution is -0.180. The molecule has 1 amide bonds. The van der Waals surface area contributed by atoms with E-state index in [0.29, 0.717) is 23.8 Å². The van der Waals surface area contributed by atoms with Gasteiger partial charge in [0.2, 0.25) is 0 Å². The smallest absolute Gasteiger partial charge is 0.271 e. The Morgan fingerprint density at radius 2 is 2.17 bits per heavy atom. The maximum Gasteiger partial charge on any atom is 0.271 e. The second kappa shape index (κ2) is 7.96. The second-order valence-electron chi connectivity index (χ2n) is 7.95. The lowest BCUT2D eigenvalue weighted by Crippen LogP contribution is -2.57. The molecule has 0 saturated carbocycles. The van der Waals surface area contributed by atoms with Crippen LogP contribution in [0, 0.1) is 6.92 Å². The van der Waals surface area contributed by atoms with Crippen molar-refractivity contribution in [2.24, 2.45) is 4.99 Å². The second-order valence-corrected chi connectivity index (χ2v) is 8.36. The van der Waals surface area contributed by atoms with Crippen LogP contribution in [-0.4, -0.2) is 48.5 Å². The Bertz CT molecular complexity index is 915. The number of hydrogen-bond acceptors (Lipinski definition) is 3. The van der Waals surface area contributed by atoms with Crippen molar-refractivity contribution < 1.29 is 9.53 Å². The SMILES string of the molecule is C/C=C1/C=C(C(=O)N2CCCC3(CCO3)C2)N(c2ccc(C)c(Cl)c2)C1=NCC. The molecule has 0 N–H and O–H groups in total. The zero-order chi connectivity index (χ0) is 20.6. The van der Waals surface area contributed by atoms with E-state index in [1.165, 1.54) is 0 Å². The fraction of sp³-hybridized carbons (Fsp3) is 0.478. The van der Waals surface area contributed by atoms with Gasteiger partial charge < -0.3 is 9.64 Å². The molecule has 1 aromatic rings. The van der Waals surface area contributed by atoms with Crippen LogP contribution >= 0.6 is 11.6 Å². The zero-order valence-corrected chi connectivity index (χ0v) is 18.1. The number of benzene rings is 1. The van der Waals surface area contributed by atoms with Crippen molar-refractivity contribution in [2.75, 3.05) is 31.1 Å². The number of carbonyl (C=O) groups is 1. The normalized spacial score (nSPS) is 27.0. The minimum Gasteiger partial charge on any atom is -0.373 e. The zero-order valence-electron chi connectivity index (χ0n) is 17.4. The van der Waals surface area contributed by atoms with Crippen LogP contribution in [0.25, 0.3) is 0 Å². The van der Waals surface area contributed by atoms with Crippen molar-refractivity contribution in [2.45, 2.75) is 45.6 Å². The molecule has 29 heavy (non-hydrogen) atoms. The molecule has 4 rings (SSSR count). The molecule has 3 aliphatic rings. The van der Waals surface area contributed by atoms with Crippen molar-refractivity contribution >= 4 is 29.0 Å². The Labute approximate surface area is 177 Å². The lowest BCUT2D eigenvalue weighted by atomic mass is 9.86. The number of amidine groups is 1. The molecular formula is C23H28ClN3O2. The van der Waals surface area contributed by atoms with Gasteiger partial charge in [-0.3, -0.25) is 14.7 Å². The Balaban J connectivity index is 1.71. The molecule has 3 heterocycles. The number of rotatable bonds is 3. The van der Waals surface area contributed by atoms with Crippen LogP contribution in [0.1, 0.15) is 38.7 Å². The summed E-state index contributed by atoms with van der Waals surface area (Å²) in [5.74, 6) is 0.821. The van der Waals surface area contributed by atoms with Crippen molar-refractivity contribution in [1.82, 2.24) is 4.90 Å². The van der Waals surface area contributed by atoms with Gasteiger partial charge in [0.1, 0.15) is 11.5 Å². The quantitative estimate of drug-likeness (QED) is 0.732. The molecule has 1 spiro atoms. The van der Waals surface area contributed by atoms with Crippen molar-refractivity contribution in [3.05, 3.63) is 52.2 Å². The Kier molecular flexibility index (Phi) is 5.54. The number of aryl methyl sites for hydroxylation is 1. The number of hydrogen-bond donors (Lipinski definition) is 0. The monoisotopic (exact) mass is 413 g/mol.